The van der Waals surface area contributed by atoms with E-state index < -0.39 is 0 Å². The lowest BCUT2D eigenvalue weighted by Gasteiger charge is -2.05. The van der Waals surface area contributed by atoms with Gasteiger partial charge < -0.3 is 4.74 Å². The molecule has 1 nitrogen and oxygen atoms in total. The quantitative estimate of drug-likeness (QED) is 0.376. The summed E-state index contributed by atoms with van der Waals surface area (Å²) in [4.78, 5) is 1.32. The molecule has 0 unspecified atom stereocenters. The first-order chi connectivity index (χ1) is 8.36. The normalized spacial score (nSPS) is 10.7. The van der Waals surface area contributed by atoms with Crippen LogP contribution in [0.1, 0.15) is 24.8 Å². The second-order valence-corrected chi connectivity index (χ2v) is 5.63. The molecule has 0 aliphatic carbocycles. The van der Waals surface area contributed by atoms with Gasteiger partial charge in [0.15, 0.2) is 0 Å². The van der Waals surface area contributed by atoms with E-state index >= 15 is 0 Å². The summed E-state index contributed by atoms with van der Waals surface area (Å²) in [5.41, 5.74) is 1.36. The Morgan fingerprint density at radius 1 is 1.06 bits per heavy atom. The van der Waals surface area contributed by atoms with Crippen molar-refractivity contribution < 1.29 is 4.74 Å². The summed E-state index contributed by atoms with van der Waals surface area (Å²) >= 11 is 5.21. The van der Waals surface area contributed by atoms with Gasteiger partial charge in [0, 0.05) is 16.8 Å². The Kier molecular flexibility index (Phi) is 8.85. The maximum atomic E-state index is 5.62. The van der Waals surface area contributed by atoms with Gasteiger partial charge in [-0.05, 0) is 43.2 Å². The van der Waals surface area contributed by atoms with Crippen molar-refractivity contribution in [1.29, 1.82) is 0 Å². The van der Waals surface area contributed by atoms with Crippen LogP contribution in [0.4, 0.5) is 0 Å². The van der Waals surface area contributed by atoms with E-state index in [1.54, 1.807) is 11.8 Å². The molecule has 0 atom stereocenters. The third kappa shape index (κ3) is 7.12. The molecule has 0 radical (unpaired) electrons. The average molecular weight is 317 g/mol. The molecule has 0 aliphatic rings. The Bertz CT molecular complexity index is 287. The number of unbranched alkanes of at least 4 members (excludes halogenated alkanes) is 2. The predicted octanol–water partition coefficient (Wildman–Crippen LogP) is 4.53. The third-order valence-electron chi connectivity index (χ3n) is 2.62. The Morgan fingerprint density at radius 2 is 1.82 bits per heavy atom. The molecular weight excluding hydrogens is 296 g/mol. The van der Waals surface area contributed by atoms with E-state index in [1.165, 1.54) is 29.7 Å². The molecule has 1 aromatic rings. The molecule has 1 rings (SSSR count). The largest absolute Gasteiger partial charge is 0.381 e. The smallest absolute Gasteiger partial charge is 0.0506 e. The topological polar surface area (TPSA) is 9.23 Å². The Hall–Kier alpha value is 0.01000. The van der Waals surface area contributed by atoms with E-state index in [2.05, 4.69) is 46.5 Å². The molecule has 0 saturated heterocycles. The number of alkyl halides is 1. The zero-order valence-corrected chi connectivity index (χ0v) is 12.9. The summed E-state index contributed by atoms with van der Waals surface area (Å²) in [6.45, 7) is 1.74. The summed E-state index contributed by atoms with van der Waals surface area (Å²) in [6.07, 6.45) is 6.81. The molecule has 1 aromatic carbocycles. The van der Waals surface area contributed by atoms with Crippen LogP contribution in [0.3, 0.4) is 0 Å². The first-order valence-electron chi connectivity index (χ1n) is 6.13. The molecule has 0 N–H and O–H groups in total. The van der Waals surface area contributed by atoms with Gasteiger partial charge in [0.2, 0.25) is 0 Å². The van der Waals surface area contributed by atoms with E-state index in [0.29, 0.717) is 0 Å². The number of benzene rings is 1. The second-order valence-electron chi connectivity index (χ2n) is 3.96. The van der Waals surface area contributed by atoms with Crippen molar-refractivity contribution in [3.05, 3.63) is 29.8 Å². The minimum atomic E-state index is 0.840. The third-order valence-corrected chi connectivity index (χ3v) is 3.92. The van der Waals surface area contributed by atoms with Crippen LogP contribution in [0.15, 0.2) is 29.2 Å². The van der Waals surface area contributed by atoms with Crippen LogP contribution in [-0.4, -0.2) is 24.8 Å². The lowest BCUT2D eigenvalue weighted by molar-refractivity contribution is 0.133. The molecular formula is C14H21BrOS. The highest BCUT2D eigenvalue weighted by molar-refractivity contribution is 9.09. The minimum Gasteiger partial charge on any atom is -0.381 e. The van der Waals surface area contributed by atoms with Gasteiger partial charge in [0.05, 0.1) is 6.61 Å². The first kappa shape index (κ1) is 15.1. The van der Waals surface area contributed by atoms with Crippen LogP contribution in [0.2, 0.25) is 0 Å². The highest BCUT2D eigenvalue weighted by Gasteiger charge is 1.95. The predicted molar refractivity (Wildman–Crippen MR) is 80.4 cm³/mol. The van der Waals surface area contributed by atoms with E-state index in [-0.39, 0.29) is 0 Å². The zero-order valence-electron chi connectivity index (χ0n) is 10.5. The monoisotopic (exact) mass is 316 g/mol. The van der Waals surface area contributed by atoms with Crippen molar-refractivity contribution >= 4 is 27.7 Å². The average Bonchev–Trinajstić information content (AvgIpc) is 2.38. The second kappa shape index (κ2) is 9.98. The molecule has 3 heteroatoms. The lowest BCUT2D eigenvalue weighted by atomic mass is 10.2. The SMILES string of the molecule is CSc1ccc(CCOCCCCCBr)cc1. The van der Waals surface area contributed by atoms with Crippen molar-refractivity contribution in [2.45, 2.75) is 30.6 Å². The Balaban J connectivity index is 2.05. The standard InChI is InChI=1S/C14H21BrOS/c1-17-14-7-5-13(6-8-14)9-12-16-11-4-2-3-10-15/h5-8H,2-4,9-12H2,1H3. The number of halogens is 1. The lowest BCUT2D eigenvalue weighted by Crippen LogP contribution is -2.00. The van der Waals surface area contributed by atoms with E-state index in [9.17, 15) is 0 Å². The number of hydrogen-bond acceptors (Lipinski definition) is 2. The van der Waals surface area contributed by atoms with Gasteiger partial charge in [-0.1, -0.05) is 34.5 Å². The van der Waals surface area contributed by atoms with Crippen LogP contribution in [0.25, 0.3) is 0 Å². The summed E-state index contributed by atoms with van der Waals surface area (Å²) in [7, 11) is 0. The summed E-state index contributed by atoms with van der Waals surface area (Å²) in [5.74, 6) is 0. The van der Waals surface area contributed by atoms with Gasteiger partial charge in [-0.2, -0.15) is 0 Å². The van der Waals surface area contributed by atoms with Gasteiger partial charge in [-0.15, -0.1) is 11.8 Å². The summed E-state index contributed by atoms with van der Waals surface area (Å²) < 4.78 is 5.62. The van der Waals surface area contributed by atoms with Crippen molar-refractivity contribution in [2.75, 3.05) is 24.8 Å². The molecule has 0 spiro atoms. The molecule has 0 bridgehead atoms. The minimum absolute atomic E-state index is 0.840. The number of hydrogen-bond donors (Lipinski definition) is 0. The van der Waals surface area contributed by atoms with E-state index in [0.717, 1.165) is 25.0 Å². The molecule has 0 amide bonds. The van der Waals surface area contributed by atoms with Gasteiger partial charge in [-0.3, -0.25) is 0 Å². The zero-order chi connectivity index (χ0) is 12.3. The Morgan fingerprint density at radius 3 is 2.47 bits per heavy atom. The van der Waals surface area contributed by atoms with Crippen molar-refractivity contribution in [2.24, 2.45) is 0 Å². The molecule has 17 heavy (non-hydrogen) atoms. The molecule has 96 valence electrons. The van der Waals surface area contributed by atoms with Crippen LogP contribution < -0.4 is 0 Å². The fourth-order valence-electron chi connectivity index (χ4n) is 1.56. The van der Waals surface area contributed by atoms with Gasteiger partial charge in [0.1, 0.15) is 0 Å². The van der Waals surface area contributed by atoms with Crippen LogP contribution in [0, 0.1) is 0 Å². The fourth-order valence-corrected chi connectivity index (χ4v) is 2.36. The Labute approximate surface area is 117 Å². The summed E-state index contributed by atoms with van der Waals surface area (Å²) in [6, 6.07) is 8.74. The van der Waals surface area contributed by atoms with Crippen molar-refractivity contribution in [3.63, 3.8) is 0 Å². The highest BCUT2D eigenvalue weighted by Crippen LogP contribution is 2.15. The van der Waals surface area contributed by atoms with Gasteiger partial charge in [0.25, 0.3) is 0 Å². The maximum Gasteiger partial charge on any atom is 0.0506 e. The van der Waals surface area contributed by atoms with Gasteiger partial charge >= 0.3 is 0 Å². The van der Waals surface area contributed by atoms with Crippen LogP contribution in [-0.2, 0) is 11.2 Å². The highest BCUT2D eigenvalue weighted by atomic mass is 79.9. The molecule has 0 aliphatic heterocycles. The molecule has 0 fully saturated rings. The number of rotatable bonds is 9. The fraction of sp³-hybridized carbons (Fsp3) is 0.571. The maximum absolute atomic E-state index is 5.62. The first-order valence-corrected chi connectivity index (χ1v) is 8.48. The molecule has 0 heterocycles. The van der Waals surface area contributed by atoms with Gasteiger partial charge in [-0.25, -0.2) is 0 Å². The summed E-state index contributed by atoms with van der Waals surface area (Å²) in [5, 5.41) is 1.11. The molecule has 0 aromatic heterocycles. The molecule has 0 saturated carbocycles. The van der Waals surface area contributed by atoms with Crippen LogP contribution in [0.5, 0.6) is 0 Å². The number of ether oxygens (including phenoxy) is 1. The van der Waals surface area contributed by atoms with Crippen molar-refractivity contribution in [1.82, 2.24) is 0 Å². The van der Waals surface area contributed by atoms with Crippen LogP contribution >= 0.6 is 27.7 Å². The number of thioether (sulfide) groups is 1. The van der Waals surface area contributed by atoms with E-state index in [4.69, 9.17) is 4.74 Å². The van der Waals surface area contributed by atoms with E-state index in [1.807, 2.05) is 0 Å². The van der Waals surface area contributed by atoms with Crippen molar-refractivity contribution in [3.8, 4) is 0 Å².